The number of hydrogen-bond donors (Lipinski definition) is 0. The second-order valence-corrected chi connectivity index (χ2v) is 5.71. The van der Waals surface area contributed by atoms with Crippen molar-refractivity contribution in [2.24, 2.45) is 0 Å². The molecule has 0 aliphatic rings. The van der Waals surface area contributed by atoms with Crippen molar-refractivity contribution in [1.82, 2.24) is 0 Å². The minimum Gasteiger partial charge on any atom is -0.294 e. The highest BCUT2D eigenvalue weighted by Gasteiger charge is 2.10. The first-order chi connectivity index (χ1) is 9.16. The van der Waals surface area contributed by atoms with E-state index in [1.165, 1.54) is 5.56 Å². The van der Waals surface area contributed by atoms with Crippen LogP contribution >= 0.6 is 27.5 Å². The van der Waals surface area contributed by atoms with Crippen molar-refractivity contribution >= 4 is 33.3 Å². The van der Waals surface area contributed by atoms with Crippen LogP contribution in [-0.2, 0) is 6.42 Å². The van der Waals surface area contributed by atoms with Crippen LogP contribution < -0.4 is 0 Å². The highest BCUT2D eigenvalue weighted by molar-refractivity contribution is 9.10. The Morgan fingerprint density at radius 3 is 2.58 bits per heavy atom. The van der Waals surface area contributed by atoms with E-state index in [4.69, 9.17) is 11.6 Å². The second-order valence-electron chi connectivity index (χ2n) is 4.39. The number of hydrogen-bond acceptors (Lipinski definition) is 1. The van der Waals surface area contributed by atoms with Gasteiger partial charge in [-0.2, -0.15) is 0 Å². The van der Waals surface area contributed by atoms with Gasteiger partial charge in [0.2, 0.25) is 0 Å². The maximum Gasteiger partial charge on any atom is 0.164 e. The lowest BCUT2D eigenvalue weighted by molar-refractivity contribution is 0.0980. The molecule has 2 rings (SSSR count). The molecule has 98 valence electrons. The molecule has 0 saturated carbocycles. The first-order valence-corrected chi connectivity index (χ1v) is 7.36. The van der Waals surface area contributed by atoms with Crippen molar-refractivity contribution in [3.63, 3.8) is 0 Å². The zero-order chi connectivity index (χ0) is 13.7. The van der Waals surface area contributed by atoms with Gasteiger partial charge in [-0.15, -0.1) is 0 Å². The number of halogens is 2. The van der Waals surface area contributed by atoms with Gasteiger partial charge >= 0.3 is 0 Å². The van der Waals surface area contributed by atoms with E-state index in [-0.39, 0.29) is 5.78 Å². The first-order valence-electron chi connectivity index (χ1n) is 6.19. The molecule has 0 saturated heterocycles. The summed E-state index contributed by atoms with van der Waals surface area (Å²) in [6.07, 6.45) is 2.27. The third-order valence-corrected chi connectivity index (χ3v) is 3.76. The molecule has 0 fully saturated rings. The van der Waals surface area contributed by atoms with E-state index in [9.17, 15) is 4.79 Å². The SMILES string of the molecule is O=C(CCCc1ccccc1)c1cc(Br)ccc1Cl. The molecule has 19 heavy (non-hydrogen) atoms. The Bertz CT molecular complexity index is 566. The van der Waals surface area contributed by atoms with E-state index >= 15 is 0 Å². The van der Waals surface area contributed by atoms with Crippen LogP contribution in [0.15, 0.2) is 53.0 Å². The summed E-state index contributed by atoms with van der Waals surface area (Å²) >= 11 is 9.40. The monoisotopic (exact) mass is 336 g/mol. The molecule has 0 N–H and O–H groups in total. The summed E-state index contributed by atoms with van der Waals surface area (Å²) in [6, 6.07) is 15.6. The van der Waals surface area contributed by atoms with Crippen molar-refractivity contribution in [2.75, 3.05) is 0 Å². The number of rotatable bonds is 5. The summed E-state index contributed by atoms with van der Waals surface area (Å²) < 4.78 is 0.878. The van der Waals surface area contributed by atoms with Crippen molar-refractivity contribution in [3.8, 4) is 0 Å². The fraction of sp³-hybridized carbons (Fsp3) is 0.188. The van der Waals surface area contributed by atoms with Crippen LogP contribution in [-0.4, -0.2) is 5.78 Å². The molecule has 0 aliphatic carbocycles. The standard InChI is InChI=1S/C16H14BrClO/c17-13-9-10-15(18)14(11-13)16(19)8-4-7-12-5-2-1-3-6-12/h1-3,5-6,9-11H,4,7-8H2. The van der Waals surface area contributed by atoms with E-state index < -0.39 is 0 Å². The van der Waals surface area contributed by atoms with E-state index in [1.54, 1.807) is 12.1 Å². The van der Waals surface area contributed by atoms with Crippen LogP contribution in [0.2, 0.25) is 5.02 Å². The molecule has 0 unspecified atom stereocenters. The Morgan fingerprint density at radius 2 is 1.84 bits per heavy atom. The average molecular weight is 338 g/mol. The molecular weight excluding hydrogens is 324 g/mol. The van der Waals surface area contributed by atoms with Gasteiger partial charge in [0, 0.05) is 16.5 Å². The zero-order valence-electron chi connectivity index (χ0n) is 10.4. The van der Waals surface area contributed by atoms with E-state index in [0.717, 1.165) is 17.3 Å². The van der Waals surface area contributed by atoms with Crippen molar-refractivity contribution in [1.29, 1.82) is 0 Å². The van der Waals surface area contributed by atoms with Crippen molar-refractivity contribution < 1.29 is 4.79 Å². The van der Waals surface area contributed by atoms with Crippen LogP contribution in [0.5, 0.6) is 0 Å². The number of carbonyl (C=O) groups excluding carboxylic acids is 1. The number of ketones is 1. The van der Waals surface area contributed by atoms with Crippen LogP contribution in [0.4, 0.5) is 0 Å². The number of Topliss-reactive ketones (excluding diaryl/α,β-unsaturated/α-hetero) is 1. The van der Waals surface area contributed by atoms with Gasteiger partial charge in [0.25, 0.3) is 0 Å². The van der Waals surface area contributed by atoms with Crippen LogP contribution in [0.3, 0.4) is 0 Å². The Balaban J connectivity index is 1.93. The van der Waals surface area contributed by atoms with Gasteiger partial charge in [-0.3, -0.25) is 4.79 Å². The molecule has 0 spiro atoms. The lowest BCUT2D eigenvalue weighted by Crippen LogP contribution is -2.01. The number of aryl methyl sites for hydroxylation is 1. The molecule has 0 amide bonds. The average Bonchev–Trinajstić information content (AvgIpc) is 2.42. The second kappa shape index (κ2) is 6.88. The Morgan fingerprint density at radius 1 is 1.11 bits per heavy atom. The van der Waals surface area contributed by atoms with Crippen molar-refractivity contribution in [3.05, 3.63) is 69.2 Å². The normalized spacial score (nSPS) is 10.4. The molecule has 0 atom stereocenters. The Kier molecular flexibility index (Phi) is 5.17. The van der Waals surface area contributed by atoms with E-state index in [1.807, 2.05) is 24.3 Å². The largest absolute Gasteiger partial charge is 0.294 e. The van der Waals surface area contributed by atoms with Gasteiger partial charge in [0.1, 0.15) is 0 Å². The maximum atomic E-state index is 12.1. The minimum atomic E-state index is 0.0993. The quantitative estimate of drug-likeness (QED) is 0.676. The topological polar surface area (TPSA) is 17.1 Å². The molecule has 0 aliphatic heterocycles. The van der Waals surface area contributed by atoms with Crippen molar-refractivity contribution in [2.45, 2.75) is 19.3 Å². The summed E-state index contributed by atoms with van der Waals surface area (Å²) in [5, 5.41) is 0.521. The molecule has 2 aromatic carbocycles. The highest BCUT2D eigenvalue weighted by Crippen LogP contribution is 2.23. The summed E-state index contributed by atoms with van der Waals surface area (Å²) in [5.41, 5.74) is 1.86. The molecule has 0 heterocycles. The Labute approximate surface area is 126 Å². The minimum absolute atomic E-state index is 0.0993. The molecular formula is C16H14BrClO. The smallest absolute Gasteiger partial charge is 0.164 e. The summed E-state index contributed by atoms with van der Waals surface area (Å²) in [5.74, 6) is 0.0993. The fourth-order valence-electron chi connectivity index (χ4n) is 1.94. The van der Waals surface area contributed by atoms with Gasteiger partial charge < -0.3 is 0 Å². The maximum absolute atomic E-state index is 12.1. The summed E-state index contributed by atoms with van der Waals surface area (Å²) in [4.78, 5) is 12.1. The predicted molar refractivity (Wildman–Crippen MR) is 82.9 cm³/mol. The number of benzene rings is 2. The summed E-state index contributed by atoms with van der Waals surface area (Å²) in [7, 11) is 0. The predicted octanol–water partition coefficient (Wildman–Crippen LogP) is 5.31. The zero-order valence-corrected chi connectivity index (χ0v) is 12.7. The van der Waals surface area contributed by atoms with Gasteiger partial charge in [-0.05, 0) is 36.6 Å². The highest BCUT2D eigenvalue weighted by atomic mass is 79.9. The lowest BCUT2D eigenvalue weighted by atomic mass is 10.0. The van der Waals surface area contributed by atoms with E-state index in [0.29, 0.717) is 17.0 Å². The molecule has 2 aromatic rings. The lowest BCUT2D eigenvalue weighted by Gasteiger charge is -2.04. The third-order valence-electron chi connectivity index (χ3n) is 2.94. The molecule has 0 aromatic heterocycles. The van der Waals surface area contributed by atoms with Gasteiger partial charge in [0.05, 0.1) is 5.02 Å². The summed E-state index contributed by atoms with van der Waals surface area (Å²) in [6.45, 7) is 0. The molecule has 1 nitrogen and oxygen atoms in total. The van der Waals surface area contributed by atoms with Crippen LogP contribution in [0.1, 0.15) is 28.8 Å². The van der Waals surface area contributed by atoms with Gasteiger partial charge in [0.15, 0.2) is 5.78 Å². The van der Waals surface area contributed by atoms with Gasteiger partial charge in [-0.25, -0.2) is 0 Å². The molecule has 0 bridgehead atoms. The van der Waals surface area contributed by atoms with Gasteiger partial charge in [-0.1, -0.05) is 57.9 Å². The molecule has 0 radical (unpaired) electrons. The molecule has 3 heteroatoms. The Hall–Kier alpha value is -1.12. The van der Waals surface area contributed by atoms with E-state index in [2.05, 4.69) is 28.1 Å². The van der Waals surface area contributed by atoms with Crippen LogP contribution in [0, 0.1) is 0 Å². The first kappa shape index (κ1) is 14.3. The third kappa shape index (κ3) is 4.19. The van der Waals surface area contributed by atoms with Crippen LogP contribution in [0.25, 0.3) is 0 Å². The fourth-order valence-corrected chi connectivity index (χ4v) is 2.53. The number of carbonyl (C=O) groups is 1.